The van der Waals surface area contributed by atoms with E-state index >= 15 is 0 Å². The van der Waals surface area contributed by atoms with Crippen LogP contribution in [0.3, 0.4) is 0 Å². The average Bonchev–Trinajstić information content (AvgIpc) is 2.39. The Morgan fingerprint density at radius 1 is 1.45 bits per heavy atom. The van der Waals surface area contributed by atoms with Gasteiger partial charge in [-0.05, 0) is 6.07 Å². The molecule has 8 heteroatoms. The molecule has 108 valence electrons. The molecule has 1 fully saturated rings. The van der Waals surface area contributed by atoms with Crippen LogP contribution in [-0.2, 0) is 0 Å². The lowest BCUT2D eigenvalue weighted by atomic mass is 10.1. The molecule has 1 aliphatic rings. The summed E-state index contributed by atoms with van der Waals surface area (Å²) in [5.41, 5.74) is -0.299. The van der Waals surface area contributed by atoms with Crippen molar-refractivity contribution < 1.29 is 24.0 Å². The van der Waals surface area contributed by atoms with Gasteiger partial charge in [0.25, 0.3) is 0 Å². The number of nitro groups is 1. The number of carbonyl (C=O) groups is 1. The lowest BCUT2D eigenvalue weighted by Gasteiger charge is -2.30. The largest absolute Gasteiger partial charge is 0.483 e. The minimum atomic E-state index is -1.000. The fraction of sp³-hybridized carbons (Fsp3) is 0.417. The second kappa shape index (κ2) is 5.72. The van der Waals surface area contributed by atoms with E-state index in [9.17, 15) is 19.3 Å². The van der Waals surface area contributed by atoms with Crippen LogP contribution >= 0.6 is 0 Å². The normalized spacial score (nSPS) is 15.9. The number of benzene rings is 1. The maximum atomic E-state index is 13.1. The molecule has 0 bridgehead atoms. The van der Waals surface area contributed by atoms with Gasteiger partial charge < -0.3 is 14.7 Å². The predicted octanol–water partition coefficient (Wildman–Crippen LogP) is 2.26. The Hall–Kier alpha value is -2.38. The molecule has 1 heterocycles. The highest BCUT2D eigenvalue weighted by Crippen LogP contribution is 2.30. The molecular formula is C12H13FN2O5. The summed E-state index contributed by atoms with van der Waals surface area (Å²) in [6.45, 7) is 0.590. The van der Waals surface area contributed by atoms with Crippen LogP contribution in [0.5, 0.6) is 5.75 Å². The van der Waals surface area contributed by atoms with Gasteiger partial charge in [-0.15, -0.1) is 0 Å². The van der Waals surface area contributed by atoms with Gasteiger partial charge in [0.2, 0.25) is 0 Å². The van der Waals surface area contributed by atoms with Crippen molar-refractivity contribution in [3.8, 4) is 5.75 Å². The molecule has 1 saturated heterocycles. The van der Waals surface area contributed by atoms with E-state index in [0.717, 1.165) is 18.2 Å². The third kappa shape index (κ3) is 3.14. The predicted molar refractivity (Wildman–Crippen MR) is 66.3 cm³/mol. The monoisotopic (exact) mass is 284 g/mol. The molecule has 0 saturated carbocycles. The number of amides is 1. The summed E-state index contributed by atoms with van der Waals surface area (Å²) in [6.07, 6.45) is -0.522. The number of carboxylic acid groups (broad SMARTS) is 1. The molecule has 0 radical (unpaired) electrons. The van der Waals surface area contributed by atoms with Crippen molar-refractivity contribution in [3.63, 3.8) is 0 Å². The highest BCUT2D eigenvalue weighted by molar-refractivity contribution is 5.65. The summed E-state index contributed by atoms with van der Waals surface area (Å²) >= 11 is 0. The van der Waals surface area contributed by atoms with E-state index in [2.05, 4.69) is 0 Å². The summed E-state index contributed by atoms with van der Waals surface area (Å²) in [5, 5.41) is 19.6. The van der Waals surface area contributed by atoms with E-state index in [4.69, 9.17) is 9.84 Å². The van der Waals surface area contributed by atoms with Gasteiger partial charge >= 0.3 is 11.8 Å². The summed E-state index contributed by atoms with van der Waals surface area (Å²) < 4.78 is 18.6. The van der Waals surface area contributed by atoms with Crippen LogP contribution in [-0.4, -0.2) is 40.2 Å². The molecule has 7 nitrogen and oxygen atoms in total. The van der Waals surface area contributed by atoms with Gasteiger partial charge in [0, 0.05) is 38.1 Å². The zero-order valence-electron chi connectivity index (χ0n) is 10.5. The van der Waals surface area contributed by atoms with Crippen LogP contribution in [0.15, 0.2) is 18.2 Å². The van der Waals surface area contributed by atoms with Crippen LogP contribution in [0.25, 0.3) is 0 Å². The number of rotatable bonds is 3. The fourth-order valence-electron chi connectivity index (χ4n) is 2.08. The Morgan fingerprint density at radius 3 is 2.65 bits per heavy atom. The summed E-state index contributed by atoms with van der Waals surface area (Å²) in [4.78, 5) is 22.2. The Labute approximate surface area is 113 Å². The number of hydrogen-bond donors (Lipinski definition) is 1. The standard InChI is InChI=1S/C12H13FN2O5/c13-8-1-2-10(15(18)19)11(7-8)20-9-3-5-14(6-4-9)12(16)17/h1-2,7,9H,3-6H2,(H,16,17). The number of nitro benzene ring substituents is 1. The molecule has 1 aromatic rings. The van der Waals surface area contributed by atoms with Crippen LogP contribution in [0.1, 0.15) is 12.8 Å². The minimum Gasteiger partial charge on any atom is -0.483 e. The second-order valence-electron chi connectivity index (χ2n) is 4.46. The van der Waals surface area contributed by atoms with Crippen molar-refractivity contribution in [2.24, 2.45) is 0 Å². The fourth-order valence-corrected chi connectivity index (χ4v) is 2.08. The Kier molecular flexibility index (Phi) is 4.02. The van der Waals surface area contributed by atoms with Gasteiger partial charge in [0.15, 0.2) is 5.75 Å². The molecule has 0 unspecified atom stereocenters. The van der Waals surface area contributed by atoms with E-state index in [-0.39, 0.29) is 17.5 Å². The zero-order chi connectivity index (χ0) is 14.7. The lowest BCUT2D eigenvalue weighted by Crippen LogP contribution is -2.41. The molecule has 20 heavy (non-hydrogen) atoms. The zero-order valence-corrected chi connectivity index (χ0v) is 10.5. The molecule has 1 amide bonds. The average molecular weight is 284 g/mol. The molecule has 0 atom stereocenters. The molecule has 2 rings (SSSR count). The van der Waals surface area contributed by atoms with Gasteiger partial charge in [-0.1, -0.05) is 0 Å². The first kappa shape index (κ1) is 14.0. The van der Waals surface area contributed by atoms with Crippen LogP contribution in [0, 0.1) is 15.9 Å². The highest BCUT2D eigenvalue weighted by atomic mass is 19.1. The van der Waals surface area contributed by atoms with E-state index in [1.54, 1.807) is 0 Å². The van der Waals surface area contributed by atoms with Crippen molar-refractivity contribution in [1.29, 1.82) is 0 Å². The maximum Gasteiger partial charge on any atom is 0.407 e. The first-order chi connectivity index (χ1) is 9.47. The molecular weight excluding hydrogens is 271 g/mol. The SMILES string of the molecule is O=C(O)N1CCC(Oc2cc(F)ccc2[N+](=O)[O-])CC1. The topological polar surface area (TPSA) is 92.9 Å². The van der Waals surface area contributed by atoms with Gasteiger partial charge in [-0.3, -0.25) is 10.1 Å². The molecule has 1 N–H and O–H groups in total. The first-order valence-corrected chi connectivity index (χ1v) is 6.06. The van der Waals surface area contributed by atoms with E-state index in [0.29, 0.717) is 25.9 Å². The van der Waals surface area contributed by atoms with Crippen LogP contribution in [0.2, 0.25) is 0 Å². The summed E-state index contributed by atoms with van der Waals surface area (Å²) in [6, 6.07) is 3.02. The smallest absolute Gasteiger partial charge is 0.407 e. The van der Waals surface area contributed by atoms with Gasteiger partial charge in [0.1, 0.15) is 11.9 Å². The van der Waals surface area contributed by atoms with Crippen molar-refractivity contribution in [2.75, 3.05) is 13.1 Å². The number of nitrogens with zero attached hydrogens (tertiary/aromatic N) is 2. The lowest BCUT2D eigenvalue weighted by molar-refractivity contribution is -0.386. The summed E-state index contributed by atoms with van der Waals surface area (Å²) in [5.74, 6) is -0.739. The minimum absolute atomic E-state index is 0.122. The van der Waals surface area contributed by atoms with Crippen LogP contribution in [0.4, 0.5) is 14.9 Å². The summed E-state index contributed by atoms with van der Waals surface area (Å²) in [7, 11) is 0. The number of hydrogen-bond acceptors (Lipinski definition) is 4. The molecule has 0 spiro atoms. The maximum absolute atomic E-state index is 13.1. The number of likely N-dealkylation sites (tertiary alicyclic amines) is 1. The Morgan fingerprint density at radius 2 is 2.10 bits per heavy atom. The third-order valence-corrected chi connectivity index (χ3v) is 3.12. The van der Waals surface area contributed by atoms with Gasteiger partial charge in [-0.25, -0.2) is 9.18 Å². The van der Waals surface area contributed by atoms with E-state index in [1.165, 1.54) is 4.90 Å². The molecule has 1 aliphatic heterocycles. The first-order valence-electron chi connectivity index (χ1n) is 6.06. The van der Waals surface area contributed by atoms with E-state index < -0.39 is 16.8 Å². The number of ether oxygens (including phenoxy) is 1. The molecule has 0 aromatic heterocycles. The second-order valence-corrected chi connectivity index (χ2v) is 4.46. The van der Waals surface area contributed by atoms with Crippen molar-refractivity contribution in [3.05, 3.63) is 34.1 Å². The molecule has 1 aromatic carbocycles. The van der Waals surface area contributed by atoms with Crippen molar-refractivity contribution >= 4 is 11.8 Å². The third-order valence-electron chi connectivity index (χ3n) is 3.12. The van der Waals surface area contributed by atoms with Gasteiger partial charge in [-0.2, -0.15) is 0 Å². The van der Waals surface area contributed by atoms with Gasteiger partial charge in [0.05, 0.1) is 4.92 Å². The van der Waals surface area contributed by atoms with Crippen molar-refractivity contribution in [2.45, 2.75) is 18.9 Å². The highest BCUT2D eigenvalue weighted by Gasteiger charge is 2.26. The molecule has 0 aliphatic carbocycles. The number of piperidine rings is 1. The Balaban J connectivity index is 2.06. The van der Waals surface area contributed by atoms with E-state index in [1.807, 2.05) is 0 Å². The van der Waals surface area contributed by atoms with Crippen LogP contribution < -0.4 is 4.74 Å². The van der Waals surface area contributed by atoms with Crippen molar-refractivity contribution in [1.82, 2.24) is 4.90 Å². The number of halogens is 1. The Bertz CT molecular complexity index is 529. The quantitative estimate of drug-likeness (QED) is 0.678.